The van der Waals surface area contributed by atoms with E-state index in [1.54, 1.807) is 12.1 Å². The van der Waals surface area contributed by atoms with E-state index in [4.69, 9.17) is 5.11 Å². The van der Waals surface area contributed by atoms with Gasteiger partial charge in [0.05, 0.1) is 0 Å². The largest absolute Gasteiger partial charge is 0.396 e. The van der Waals surface area contributed by atoms with Gasteiger partial charge in [0, 0.05) is 31.7 Å². The van der Waals surface area contributed by atoms with Gasteiger partial charge in [-0.05, 0) is 29.5 Å². The van der Waals surface area contributed by atoms with E-state index in [1.807, 2.05) is 12.1 Å². The Morgan fingerprint density at radius 2 is 1.68 bits per heavy atom. The van der Waals surface area contributed by atoms with E-state index < -0.39 is 0 Å². The third-order valence-electron chi connectivity index (χ3n) is 3.31. The van der Waals surface area contributed by atoms with Gasteiger partial charge < -0.3 is 15.7 Å². The lowest BCUT2D eigenvalue weighted by atomic mass is 9.87. The number of aliphatic hydroxyl groups excluding tert-OH is 1. The fourth-order valence-electron chi connectivity index (χ4n) is 1.91. The SMILES string of the molecule is CC(C)(C)c1ccc(C(=O)NCCC(=O)NCCCO)cc1. The number of hydrogen-bond acceptors (Lipinski definition) is 3. The molecule has 0 fully saturated rings. The maximum Gasteiger partial charge on any atom is 0.251 e. The highest BCUT2D eigenvalue weighted by atomic mass is 16.3. The third-order valence-corrected chi connectivity index (χ3v) is 3.31. The monoisotopic (exact) mass is 306 g/mol. The first-order valence-electron chi connectivity index (χ1n) is 7.61. The first-order chi connectivity index (χ1) is 10.3. The second kappa shape index (κ2) is 8.54. The summed E-state index contributed by atoms with van der Waals surface area (Å²) < 4.78 is 0. The average Bonchev–Trinajstić information content (AvgIpc) is 2.46. The van der Waals surface area contributed by atoms with Crippen molar-refractivity contribution in [1.82, 2.24) is 10.6 Å². The molecule has 0 saturated carbocycles. The van der Waals surface area contributed by atoms with E-state index in [1.165, 1.54) is 5.56 Å². The Kier molecular flexibility index (Phi) is 7.05. The molecule has 0 spiro atoms. The Bertz CT molecular complexity index is 490. The second-order valence-electron chi connectivity index (χ2n) is 6.26. The smallest absolute Gasteiger partial charge is 0.251 e. The highest BCUT2D eigenvalue weighted by molar-refractivity contribution is 5.94. The summed E-state index contributed by atoms with van der Waals surface area (Å²) >= 11 is 0. The number of hydrogen-bond donors (Lipinski definition) is 3. The lowest BCUT2D eigenvalue weighted by molar-refractivity contribution is -0.120. The Balaban J connectivity index is 2.38. The molecule has 0 bridgehead atoms. The van der Waals surface area contributed by atoms with Crippen molar-refractivity contribution in [1.29, 1.82) is 0 Å². The second-order valence-corrected chi connectivity index (χ2v) is 6.26. The molecule has 0 atom stereocenters. The van der Waals surface area contributed by atoms with Crippen LogP contribution in [0.25, 0.3) is 0 Å². The number of nitrogens with one attached hydrogen (secondary N) is 2. The van der Waals surface area contributed by atoms with Crippen LogP contribution < -0.4 is 10.6 Å². The van der Waals surface area contributed by atoms with E-state index >= 15 is 0 Å². The zero-order chi connectivity index (χ0) is 16.6. The van der Waals surface area contributed by atoms with E-state index in [0.717, 1.165) is 0 Å². The molecule has 3 N–H and O–H groups in total. The summed E-state index contributed by atoms with van der Waals surface area (Å²) in [6, 6.07) is 7.52. The van der Waals surface area contributed by atoms with Crippen molar-refractivity contribution in [2.45, 2.75) is 39.0 Å². The molecule has 22 heavy (non-hydrogen) atoms. The molecule has 0 saturated heterocycles. The molecule has 122 valence electrons. The molecule has 2 amide bonds. The summed E-state index contributed by atoms with van der Waals surface area (Å²) in [5.41, 5.74) is 1.82. The van der Waals surface area contributed by atoms with E-state index in [-0.39, 0.29) is 30.3 Å². The zero-order valence-electron chi connectivity index (χ0n) is 13.6. The van der Waals surface area contributed by atoms with Gasteiger partial charge in [0.2, 0.25) is 5.91 Å². The molecule has 1 aromatic rings. The molecular formula is C17H26N2O3. The predicted octanol–water partition coefficient (Wildman–Crippen LogP) is 1.60. The van der Waals surface area contributed by atoms with E-state index in [9.17, 15) is 9.59 Å². The number of carbonyl (C=O) groups excluding carboxylic acids is 2. The number of carbonyl (C=O) groups is 2. The zero-order valence-corrected chi connectivity index (χ0v) is 13.6. The van der Waals surface area contributed by atoms with Crippen LogP contribution >= 0.6 is 0 Å². The van der Waals surface area contributed by atoms with Crippen molar-refractivity contribution in [2.75, 3.05) is 19.7 Å². The van der Waals surface area contributed by atoms with Crippen molar-refractivity contribution < 1.29 is 14.7 Å². The standard InChI is InChI=1S/C17H26N2O3/c1-17(2,3)14-7-5-13(6-8-14)16(22)19-11-9-15(21)18-10-4-12-20/h5-8,20H,4,9-12H2,1-3H3,(H,18,21)(H,19,22). The minimum absolute atomic E-state index is 0.0571. The van der Waals surface area contributed by atoms with Crippen molar-refractivity contribution >= 4 is 11.8 Å². The van der Waals surface area contributed by atoms with Crippen LogP contribution in [-0.4, -0.2) is 36.6 Å². The maximum absolute atomic E-state index is 12.0. The molecule has 0 radical (unpaired) electrons. The summed E-state index contributed by atoms with van der Waals surface area (Å²) in [6.45, 7) is 7.18. The van der Waals surface area contributed by atoms with Gasteiger partial charge in [-0.15, -0.1) is 0 Å². The Labute approximate surface area is 132 Å². The van der Waals surface area contributed by atoms with E-state index in [0.29, 0.717) is 25.1 Å². The Hall–Kier alpha value is -1.88. The van der Waals surface area contributed by atoms with Crippen LogP contribution in [-0.2, 0) is 10.2 Å². The molecule has 0 heterocycles. The molecule has 1 aromatic carbocycles. The normalized spacial score (nSPS) is 11.1. The summed E-state index contributed by atoms with van der Waals surface area (Å²) in [4.78, 5) is 23.4. The van der Waals surface area contributed by atoms with Gasteiger partial charge in [0.25, 0.3) is 5.91 Å². The first-order valence-corrected chi connectivity index (χ1v) is 7.61. The van der Waals surface area contributed by atoms with Crippen LogP contribution in [0.4, 0.5) is 0 Å². The van der Waals surface area contributed by atoms with Gasteiger partial charge in [-0.3, -0.25) is 9.59 Å². The quantitative estimate of drug-likeness (QED) is 0.670. The predicted molar refractivity (Wildman–Crippen MR) is 86.8 cm³/mol. The van der Waals surface area contributed by atoms with Crippen molar-refractivity contribution in [3.63, 3.8) is 0 Å². The third kappa shape index (κ3) is 6.26. The summed E-state index contributed by atoms with van der Waals surface area (Å²) in [5.74, 6) is -0.305. The van der Waals surface area contributed by atoms with Gasteiger partial charge in [0.1, 0.15) is 0 Å². The minimum atomic E-state index is -0.177. The lowest BCUT2D eigenvalue weighted by Gasteiger charge is -2.19. The number of rotatable bonds is 7. The van der Waals surface area contributed by atoms with Gasteiger partial charge in [-0.1, -0.05) is 32.9 Å². The number of benzene rings is 1. The van der Waals surface area contributed by atoms with Crippen LogP contribution in [0.15, 0.2) is 24.3 Å². The van der Waals surface area contributed by atoms with Crippen LogP contribution in [0, 0.1) is 0 Å². The number of amides is 2. The highest BCUT2D eigenvalue weighted by Crippen LogP contribution is 2.22. The fraction of sp³-hybridized carbons (Fsp3) is 0.529. The Morgan fingerprint density at radius 3 is 2.23 bits per heavy atom. The van der Waals surface area contributed by atoms with Crippen molar-refractivity contribution in [3.8, 4) is 0 Å². The molecular weight excluding hydrogens is 280 g/mol. The van der Waals surface area contributed by atoms with Crippen LogP contribution in [0.1, 0.15) is 49.5 Å². The van der Waals surface area contributed by atoms with Crippen LogP contribution in [0.2, 0.25) is 0 Å². The molecule has 1 rings (SSSR count). The van der Waals surface area contributed by atoms with E-state index in [2.05, 4.69) is 31.4 Å². The Morgan fingerprint density at radius 1 is 1.05 bits per heavy atom. The maximum atomic E-state index is 12.0. The minimum Gasteiger partial charge on any atom is -0.396 e. The average molecular weight is 306 g/mol. The molecule has 5 nitrogen and oxygen atoms in total. The lowest BCUT2D eigenvalue weighted by Crippen LogP contribution is -2.31. The molecule has 0 aliphatic rings. The van der Waals surface area contributed by atoms with Gasteiger partial charge in [-0.25, -0.2) is 0 Å². The van der Waals surface area contributed by atoms with Crippen LogP contribution in [0.5, 0.6) is 0 Å². The molecule has 0 aliphatic heterocycles. The molecule has 0 aromatic heterocycles. The molecule has 0 aliphatic carbocycles. The topological polar surface area (TPSA) is 78.4 Å². The molecule has 0 unspecified atom stereocenters. The van der Waals surface area contributed by atoms with Gasteiger partial charge >= 0.3 is 0 Å². The van der Waals surface area contributed by atoms with Gasteiger partial charge in [0.15, 0.2) is 0 Å². The highest BCUT2D eigenvalue weighted by Gasteiger charge is 2.14. The van der Waals surface area contributed by atoms with Crippen molar-refractivity contribution in [3.05, 3.63) is 35.4 Å². The summed E-state index contributed by atoms with van der Waals surface area (Å²) in [6.07, 6.45) is 0.773. The van der Waals surface area contributed by atoms with Gasteiger partial charge in [-0.2, -0.15) is 0 Å². The number of aliphatic hydroxyl groups is 1. The first kappa shape index (κ1) is 18.2. The van der Waals surface area contributed by atoms with Crippen molar-refractivity contribution in [2.24, 2.45) is 0 Å². The summed E-state index contributed by atoms with van der Waals surface area (Å²) in [5, 5.41) is 14.0. The summed E-state index contributed by atoms with van der Waals surface area (Å²) in [7, 11) is 0. The molecule has 5 heteroatoms. The van der Waals surface area contributed by atoms with Crippen LogP contribution in [0.3, 0.4) is 0 Å². The fourth-order valence-corrected chi connectivity index (χ4v) is 1.91.